The number of nitro groups is 2. The average Bonchev–Trinajstić information content (AvgIpc) is 2.54. The number of nitrogens with zero attached hydrogens (tertiary/aromatic N) is 4. The maximum absolute atomic E-state index is 11.9. The number of pyridine rings is 2. The number of hydrogen-bond acceptors (Lipinski definition) is 8. The first-order valence-electron chi connectivity index (χ1n) is 5.93. The third-order valence-corrected chi connectivity index (χ3v) is 2.62. The van der Waals surface area contributed by atoms with Crippen molar-refractivity contribution in [1.82, 2.24) is 15.3 Å². The Morgan fingerprint density at radius 2 is 1.22 bits per heavy atom. The van der Waals surface area contributed by atoms with E-state index in [4.69, 9.17) is 0 Å². The van der Waals surface area contributed by atoms with Crippen LogP contribution in [0.1, 0.15) is 20.7 Å². The molecule has 0 spiro atoms. The molecule has 0 bridgehead atoms. The third-order valence-electron chi connectivity index (χ3n) is 2.62. The van der Waals surface area contributed by atoms with Gasteiger partial charge in [-0.25, -0.2) is 0 Å². The molecule has 0 atom stereocenters. The van der Waals surface area contributed by atoms with Gasteiger partial charge in [0.1, 0.15) is 12.4 Å². The van der Waals surface area contributed by atoms with E-state index in [0.29, 0.717) is 0 Å². The minimum Gasteiger partial charge on any atom is -0.288 e. The monoisotopic (exact) mass is 317 g/mol. The van der Waals surface area contributed by atoms with E-state index in [-0.39, 0.29) is 11.1 Å². The van der Waals surface area contributed by atoms with Crippen LogP contribution in [-0.2, 0) is 0 Å². The lowest BCUT2D eigenvalue weighted by Crippen LogP contribution is -2.30. The van der Waals surface area contributed by atoms with Crippen molar-refractivity contribution in [2.75, 3.05) is 0 Å². The topological polar surface area (TPSA) is 158 Å². The predicted molar refractivity (Wildman–Crippen MR) is 73.6 cm³/mol. The van der Waals surface area contributed by atoms with Gasteiger partial charge in [-0.3, -0.25) is 45.1 Å². The van der Waals surface area contributed by atoms with E-state index in [0.717, 1.165) is 36.9 Å². The van der Waals surface area contributed by atoms with Crippen LogP contribution in [0, 0.1) is 20.2 Å². The van der Waals surface area contributed by atoms with E-state index in [1.165, 1.54) is 0 Å². The number of aromatic nitrogens is 2. The van der Waals surface area contributed by atoms with Gasteiger partial charge in [0.25, 0.3) is 23.2 Å². The molecular weight excluding hydrogens is 310 g/mol. The molecule has 0 saturated carbocycles. The fraction of sp³-hybridized carbons (Fsp3) is 0. The lowest BCUT2D eigenvalue weighted by molar-refractivity contribution is -0.385. The molecule has 0 fully saturated rings. The summed E-state index contributed by atoms with van der Waals surface area (Å²) in [4.78, 5) is 50.6. The maximum atomic E-state index is 11.9. The van der Waals surface area contributed by atoms with Crippen molar-refractivity contribution >= 4 is 23.2 Å². The molecular formula is C12H7N5O6. The number of amides is 2. The van der Waals surface area contributed by atoms with Crippen LogP contribution in [0.3, 0.4) is 0 Å². The fourth-order valence-corrected chi connectivity index (χ4v) is 1.55. The Balaban J connectivity index is 2.18. The summed E-state index contributed by atoms with van der Waals surface area (Å²) in [6.07, 6.45) is 3.98. The van der Waals surface area contributed by atoms with Crippen molar-refractivity contribution in [3.63, 3.8) is 0 Å². The number of carbonyl (C=O) groups is 2. The van der Waals surface area contributed by atoms with Gasteiger partial charge < -0.3 is 0 Å². The minimum atomic E-state index is -0.933. The number of nitrogens with one attached hydrogen (secondary N) is 1. The zero-order valence-corrected chi connectivity index (χ0v) is 11.2. The fourth-order valence-electron chi connectivity index (χ4n) is 1.55. The summed E-state index contributed by atoms with van der Waals surface area (Å²) in [5.74, 6) is -1.87. The second-order valence-electron chi connectivity index (χ2n) is 4.16. The molecule has 2 rings (SSSR count). The van der Waals surface area contributed by atoms with Gasteiger partial charge in [0.15, 0.2) is 0 Å². The van der Waals surface area contributed by atoms with Crippen LogP contribution in [0.25, 0.3) is 0 Å². The lowest BCUT2D eigenvalue weighted by Gasteiger charge is -2.03. The summed E-state index contributed by atoms with van der Waals surface area (Å²) >= 11 is 0. The number of hydrogen-bond donors (Lipinski definition) is 1. The van der Waals surface area contributed by atoms with E-state index < -0.39 is 33.0 Å². The third kappa shape index (κ3) is 3.66. The summed E-state index contributed by atoms with van der Waals surface area (Å²) in [6, 6.07) is 1.89. The second kappa shape index (κ2) is 6.34. The van der Waals surface area contributed by atoms with Crippen LogP contribution in [-0.4, -0.2) is 31.6 Å². The summed E-state index contributed by atoms with van der Waals surface area (Å²) in [6.45, 7) is 0. The Morgan fingerprint density at radius 1 is 0.826 bits per heavy atom. The Bertz CT molecular complexity index is 754. The van der Waals surface area contributed by atoms with Gasteiger partial charge in [0.2, 0.25) is 0 Å². The van der Waals surface area contributed by atoms with E-state index >= 15 is 0 Å². The molecule has 0 aliphatic rings. The van der Waals surface area contributed by atoms with Crippen LogP contribution in [0.4, 0.5) is 11.4 Å². The van der Waals surface area contributed by atoms with Crippen molar-refractivity contribution in [2.24, 2.45) is 0 Å². The summed E-state index contributed by atoms with van der Waals surface area (Å²) in [7, 11) is 0. The average molecular weight is 317 g/mol. The second-order valence-corrected chi connectivity index (χ2v) is 4.16. The molecule has 2 aromatic heterocycles. The van der Waals surface area contributed by atoms with Crippen molar-refractivity contribution < 1.29 is 19.4 Å². The van der Waals surface area contributed by atoms with Gasteiger partial charge >= 0.3 is 0 Å². The largest absolute Gasteiger partial charge is 0.288 e. The molecule has 0 aromatic carbocycles. The summed E-state index contributed by atoms with van der Waals surface area (Å²) in [5, 5.41) is 23.2. The molecule has 0 aliphatic heterocycles. The molecule has 0 radical (unpaired) electrons. The van der Waals surface area contributed by atoms with E-state index in [2.05, 4.69) is 9.97 Å². The molecule has 2 aromatic rings. The smallest absolute Gasteiger partial charge is 0.288 e. The highest BCUT2D eigenvalue weighted by Crippen LogP contribution is 2.13. The van der Waals surface area contributed by atoms with E-state index in [9.17, 15) is 29.8 Å². The van der Waals surface area contributed by atoms with Gasteiger partial charge in [-0.15, -0.1) is 0 Å². The molecule has 11 nitrogen and oxygen atoms in total. The quantitative estimate of drug-likeness (QED) is 0.494. The van der Waals surface area contributed by atoms with Crippen molar-refractivity contribution in [3.8, 4) is 0 Å². The zero-order chi connectivity index (χ0) is 17.0. The molecule has 0 saturated heterocycles. The number of rotatable bonds is 4. The highest BCUT2D eigenvalue weighted by atomic mass is 16.6. The van der Waals surface area contributed by atoms with Crippen LogP contribution in [0.5, 0.6) is 0 Å². The normalized spacial score (nSPS) is 9.91. The first-order chi connectivity index (χ1) is 10.9. The van der Waals surface area contributed by atoms with Crippen LogP contribution >= 0.6 is 0 Å². The van der Waals surface area contributed by atoms with Gasteiger partial charge in [-0.2, -0.15) is 0 Å². The Labute approximate surface area is 127 Å². The van der Waals surface area contributed by atoms with E-state index in [1.54, 1.807) is 0 Å². The SMILES string of the molecule is O=C(NC(=O)c1cncc([N+](=O)[O-])c1)c1cncc([N+](=O)[O-])c1. The summed E-state index contributed by atoms with van der Waals surface area (Å²) in [5.41, 5.74) is -1.24. The van der Waals surface area contributed by atoms with Crippen molar-refractivity contribution in [3.05, 3.63) is 68.3 Å². The summed E-state index contributed by atoms with van der Waals surface area (Å²) < 4.78 is 0. The molecule has 0 aliphatic carbocycles. The first-order valence-corrected chi connectivity index (χ1v) is 5.93. The van der Waals surface area contributed by atoms with Crippen molar-refractivity contribution in [1.29, 1.82) is 0 Å². The first kappa shape index (κ1) is 15.6. The van der Waals surface area contributed by atoms with Gasteiger partial charge in [0.05, 0.1) is 21.0 Å². The molecule has 1 N–H and O–H groups in total. The van der Waals surface area contributed by atoms with Crippen LogP contribution in [0.2, 0.25) is 0 Å². The maximum Gasteiger partial charge on any atom is 0.288 e. The lowest BCUT2D eigenvalue weighted by atomic mass is 10.2. The standard InChI is InChI=1S/C12H7N5O6/c18-11(7-1-9(16(20)21)5-13-3-7)15-12(19)8-2-10(17(22)23)6-14-4-8/h1-6H,(H,15,18,19). The molecule has 2 heterocycles. The number of carbonyl (C=O) groups excluding carboxylic acids is 2. The molecule has 23 heavy (non-hydrogen) atoms. The van der Waals surface area contributed by atoms with Gasteiger partial charge in [-0.05, 0) is 0 Å². The highest BCUT2D eigenvalue weighted by molar-refractivity contribution is 6.10. The number of imide groups is 1. The van der Waals surface area contributed by atoms with Gasteiger partial charge in [0, 0.05) is 24.5 Å². The zero-order valence-electron chi connectivity index (χ0n) is 11.2. The van der Waals surface area contributed by atoms with Crippen LogP contribution < -0.4 is 5.32 Å². The molecule has 11 heteroatoms. The molecule has 116 valence electrons. The molecule has 2 amide bonds. The van der Waals surface area contributed by atoms with E-state index in [1.807, 2.05) is 5.32 Å². The molecule has 0 unspecified atom stereocenters. The minimum absolute atomic E-state index is 0.203. The van der Waals surface area contributed by atoms with Crippen LogP contribution in [0.15, 0.2) is 36.9 Å². The Hall–Kier alpha value is -3.76. The highest BCUT2D eigenvalue weighted by Gasteiger charge is 2.18. The Morgan fingerprint density at radius 3 is 1.57 bits per heavy atom. The predicted octanol–water partition coefficient (Wildman–Crippen LogP) is 0.863. The van der Waals surface area contributed by atoms with Crippen molar-refractivity contribution in [2.45, 2.75) is 0 Å². The Kier molecular flexibility index (Phi) is 4.31. The van der Waals surface area contributed by atoms with Gasteiger partial charge in [-0.1, -0.05) is 0 Å².